The molecule has 1 amide bonds. The Hall–Kier alpha value is -1.55. The first-order chi connectivity index (χ1) is 7.83. The zero-order valence-electron chi connectivity index (χ0n) is 10.6. The van der Waals surface area contributed by atoms with E-state index in [0.717, 1.165) is 5.69 Å². The van der Waals surface area contributed by atoms with Crippen LogP contribution in [-0.2, 0) is 4.79 Å². The van der Waals surface area contributed by atoms with E-state index in [4.69, 9.17) is 5.84 Å². The van der Waals surface area contributed by atoms with Crippen LogP contribution in [0.2, 0.25) is 0 Å². The van der Waals surface area contributed by atoms with Crippen LogP contribution in [0.5, 0.6) is 0 Å². The van der Waals surface area contributed by atoms with Crippen LogP contribution in [0.1, 0.15) is 27.7 Å². The lowest BCUT2D eigenvalue weighted by Crippen LogP contribution is -2.35. The van der Waals surface area contributed by atoms with E-state index < -0.39 is 0 Å². The Morgan fingerprint density at radius 2 is 1.62 bits per heavy atom. The molecule has 0 saturated carbocycles. The van der Waals surface area contributed by atoms with Crippen molar-refractivity contribution in [3.63, 3.8) is 0 Å². The van der Waals surface area contributed by atoms with Crippen LogP contribution in [0.4, 0.5) is 5.69 Å². The molecule has 4 heteroatoms. The number of hydrogen-bond acceptors (Lipinski definition) is 3. The molecule has 0 radical (unpaired) electrons. The van der Waals surface area contributed by atoms with Gasteiger partial charge in [0.15, 0.2) is 0 Å². The third kappa shape index (κ3) is 9.02. The summed E-state index contributed by atoms with van der Waals surface area (Å²) in [5.41, 5.74) is 2.94. The average molecular weight is 225 g/mol. The zero-order valence-corrected chi connectivity index (χ0v) is 10.6. The van der Waals surface area contributed by atoms with Crippen molar-refractivity contribution < 1.29 is 4.79 Å². The highest BCUT2D eigenvalue weighted by atomic mass is 16.2. The third-order valence-electron chi connectivity index (χ3n) is 1.39. The Morgan fingerprint density at radius 1 is 1.12 bits per heavy atom. The summed E-state index contributed by atoms with van der Waals surface area (Å²) in [6.07, 6.45) is 0. The summed E-state index contributed by atoms with van der Waals surface area (Å²) < 4.78 is 0. The number of rotatable bonds is 3. The van der Waals surface area contributed by atoms with Crippen molar-refractivity contribution in [2.45, 2.75) is 27.7 Å². The number of hydrogen-bond donors (Lipinski definition) is 3. The van der Waals surface area contributed by atoms with Crippen LogP contribution in [0.3, 0.4) is 0 Å². The quantitative estimate of drug-likeness (QED) is 0.419. The van der Waals surface area contributed by atoms with E-state index in [1.807, 2.05) is 63.5 Å². The summed E-state index contributed by atoms with van der Waals surface area (Å²) in [5, 5.41) is 2.90. The molecule has 4 N–H and O–H groups in total. The highest BCUT2D eigenvalue weighted by Gasteiger charge is 1.95. The summed E-state index contributed by atoms with van der Waals surface area (Å²) in [4.78, 5) is 10.7. The maximum absolute atomic E-state index is 10.7. The Labute approximate surface area is 98.2 Å². The van der Waals surface area contributed by atoms with Gasteiger partial charge in [-0.2, -0.15) is 0 Å². The molecule has 0 aliphatic rings. The van der Waals surface area contributed by atoms with Crippen LogP contribution < -0.4 is 16.6 Å². The first-order valence-electron chi connectivity index (χ1n) is 5.61. The lowest BCUT2D eigenvalue weighted by molar-refractivity contribution is -0.119. The van der Waals surface area contributed by atoms with E-state index in [2.05, 4.69) is 5.32 Å². The highest BCUT2D eigenvalue weighted by Crippen LogP contribution is 2.03. The Morgan fingerprint density at radius 3 is 2.06 bits per heavy atom. The van der Waals surface area contributed by atoms with Gasteiger partial charge in [-0.15, -0.1) is 0 Å². The summed E-state index contributed by atoms with van der Waals surface area (Å²) >= 11 is 0. The molecule has 0 aliphatic carbocycles. The molecule has 0 saturated heterocycles. The molecule has 0 fully saturated rings. The third-order valence-corrected chi connectivity index (χ3v) is 1.39. The minimum Gasteiger partial charge on any atom is -0.376 e. The number of hydrazine groups is 1. The molecule has 92 valence electrons. The summed E-state index contributed by atoms with van der Waals surface area (Å²) in [7, 11) is 0. The highest BCUT2D eigenvalue weighted by molar-refractivity contribution is 5.79. The molecule has 1 aromatic carbocycles. The summed E-state index contributed by atoms with van der Waals surface area (Å²) in [6.45, 7) is 8.19. The van der Waals surface area contributed by atoms with Crippen molar-refractivity contribution >= 4 is 11.6 Å². The molecule has 4 nitrogen and oxygen atoms in total. The van der Waals surface area contributed by atoms with Crippen LogP contribution in [0.15, 0.2) is 30.3 Å². The van der Waals surface area contributed by atoms with Gasteiger partial charge in [-0.3, -0.25) is 10.2 Å². The second-order valence-electron chi connectivity index (χ2n) is 2.29. The molecule has 1 aromatic rings. The standard InChI is InChI=1S/C8H11N3O.2C2H6/c9-11-8(12)6-10-7-4-2-1-3-5-7;2*1-2/h1-5,10H,6,9H2,(H,11,12);2*1-2H3. The minimum atomic E-state index is -0.237. The number of carbonyl (C=O) groups is 1. The minimum absolute atomic E-state index is 0.195. The van der Waals surface area contributed by atoms with Gasteiger partial charge in [-0.05, 0) is 12.1 Å². The Kier molecular flexibility index (Phi) is 14.2. The SMILES string of the molecule is CC.CC.NNC(=O)CNc1ccccc1. The second-order valence-corrected chi connectivity index (χ2v) is 2.29. The zero-order chi connectivity index (χ0) is 12.8. The maximum atomic E-state index is 10.7. The van der Waals surface area contributed by atoms with E-state index >= 15 is 0 Å². The predicted molar refractivity (Wildman–Crippen MR) is 70.0 cm³/mol. The van der Waals surface area contributed by atoms with Gasteiger partial charge in [-0.25, -0.2) is 5.84 Å². The number of nitrogens with one attached hydrogen (secondary N) is 2. The molecule has 0 heterocycles. The van der Waals surface area contributed by atoms with E-state index in [1.54, 1.807) is 0 Å². The molecular formula is C12H23N3O. The Bertz CT molecular complexity index is 250. The molecule has 0 atom stereocenters. The van der Waals surface area contributed by atoms with Crippen LogP contribution in [0.25, 0.3) is 0 Å². The summed E-state index contributed by atoms with van der Waals surface area (Å²) in [6, 6.07) is 9.45. The number of benzene rings is 1. The van der Waals surface area contributed by atoms with Crippen LogP contribution >= 0.6 is 0 Å². The Balaban J connectivity index is 0. The first-order valence-corrected chi connectivity index (χ1v) is 5.61. The molecular weight excluding hydrogens is 202 g/mol. The van der Waals surface area contributed by atoms with E-state index in [0.29, 0.717) is 0 Å². The van der Waals surface area contributed by atoms with Gasteiger partial charge in [0, 0.05) is 5.69 Å². The van der Waals surface area contributed by atoms with Crippen molar-refractivity contribution in [1.29, 1.82) is 0 Å². The van der Waals surface area contributed by atoms with Gasteiger partial charge in [0.05, 0.1) is 6.54 Å². The monoisotopic (exact) mass is 225 g/mol. The van der Waals surface area contributed by atoms with Gasteiger partial charge in [0.25, 0.3) is 5.91 Å². The van der Waals surface area contributed by atoms with E-state index in [9.17, 15) is 4.79 Å². The molecule has 0 bridgehead atoms. The molecule has 0 spiro atoms. The van der Waals surface area contributed by atoms with Gasteiger partial charge < -0.3 is 5.32 Å². The molecule has 0 unspecified atom stereocenters. The topological polar surface area (TPSA) is 67.1 Å². The largest absolute Gasteiger partial charge is 0.376 e. The smallest absolute Gasteiger partial charge is 0.253 e. The molecule has 1 rings (SSSR count). The van der Waals surface area contributed by atoms with Gasteiger partial charge in [0.1, 0.15) is 0 Å². The van der Waals surface area contributed by atoms with Crippen molar-refractivity contribution in [3.05, 3.63) is 30.3 Å². The number of carbonyl (C=O) groups excluding carboxylic acids is 1. The van der Waals surface area contributed by atoms with Gasteiger partial charge in [0.2, 0.25) is 0 Å². The van der Waals surface area contributed by atoms with Crippen molar-refractivity contribution in [3.8, 4) is 0 Å². The van der Waals surface area contributed by atoms with E-state index in [-0.39, 0.29) is 12.5 Å². The lowest BCUT2D eigenvalue weighted by atomic mass is 10.3. The van der Waals surface area contributed by atoms with Crippen LogP contribution in [0, 0.1) is 0 Å². The van der Waals surface area contributed by atoms with E-state index in [1.165, 1.54) is 0 Å². The summed E-state index contributed by atoms with van der Waals surface area (Å²) in [5.74, 6) is 4.66. The van der Waals surface area contributed by atoms with Gasteiger partial charge in [-0.1, -0.05) is 45.9 Å². The van der Waals surface area contributed by atoms with Crippen molar-refractivity contribution in [2.24, 2.45) is 5.84 Å². The number of anilines is 1. The molecule has 16 heavy (non-hydrogen) atoms. The number of amides is 1. The molecule has 0 aliphatic heterocycles. The predicted octanol–water partition coefficient (Wildman–Crippen LogP) is 2.14. The molecule has 0 aromatic heterocycles. The fraction of sp³-hybridized carbons (Fsp3) is 0.417. The van der Waals surface area contributed by atoms with Crippen LogP contribution in [-0.4, -0.2) is 12.5 Å². The fourth-order valence-corrected chi connectivity index (χ4v) is 0.789. The number of nitrogens with two attached hydrogens (primary N) is 1. The van der Waals surface area contributed by atoms with Crippen molar-refractivity contribution in [1.82, 2.24) is 5.43 Å². The second kappa shape index (κ2) is 13.4. The maximum Gasteiger partial charge on any atom is 0.253 e. The number of para-hydroxylation sites is 1. The average Bonchev–Trinajstić information content (AvgIpc) is 2.41. The normalized spacial score (nSPS) is 7.56. The van der Waals surface area contributed by atoms with Gasteiger partial charge >= 0.3 is 0 Å². The van der Waals surface area contributed by atoms with Crippen molar-refractivity contribution in [2.75, 3.05) is 11.9 Å². The first kappa shape index (κ1) is 16.9. The fourth-order valence-electron chi connectivity index (χ4n) is 0.789. The lowest BCUT2D eigenvalue weighted by Gasteiger charge is -2.03.